The van der Waals surface area contributed by atoms with Crippen molar-refractivity contribution in [2.75, 3.05) is 0 Å². The Kier molecular flexibility index (Phi) is 4.00. The van der Waals surface area contributed by atoms with Crippen LogP contribution < -0.4 is 0 Å². The number of phenols is 1. The largest absolute Gasteiger partial charge is 0.506 e. The van der Waals surface area contributed by atoms with Gasteiger partial charge in [-0.2, -0.15) is 0 Å². The third-order valence-electron chi connectivity index (χ3n) is 3.32. The Morgan fingerprint density at radius 2 is 2.00 bits per heavy atom. The van der Waals surface area contributed by atoms with Crippen molar-refractivity contribution in [3.8, 4) is 5.75 Å². The SMILES string of the molecule is CC(C)c1nc2ccc(F)cn2c1N=Nc1cc(Cl)ccc1O. The van der Waals surface area contributed by atoms with Crippen LogP contribution in [0.4, 0.5) is 15.9 Å². The number of benzene rings is 1. The molecular formula is C16H14ClFN4O. The van der Waals surface area contributed by atoms with E-state index in [2.05, 4.69) is 15.2 Å². The summed E-state index contributed by atoms with van der Waals surface area (Å²) in [5, 5.41) is 18.4. The van der Waals surface area contributed by atoms with Crippen molar-refractivity contribution in [1.29, 1.82) is 0 Å². The number of pyridine rings is 1. The molecule has 1 N–H and O–H groups in total. The quantitative estimate of drug-likeness (QED) is 0.655. The first-order valence-corrected chi connectivity index (χ1v) is 7.41. The van der Waals surface area contributed by atoms with Crippen LogP contribution in [0.5, 0.6) is 5.75 Å². The summed E-state index contributed by atoms with van der Waals surface area (Å²) in [5.74, 6) is 0.0743. The van der Waals surface area contributed by atoms with Crippen molar-refractivity contribution >= 4 is 28.8 Å². The van der Waals surface area contributed by atoms with Gasteiger partial charge in [-0.25, -0.2) is 9.37 Å². The molecule has 0 aliphatic carbocycles. The van der Waals surface area contributed by atoms with Gasteiger partial charge in [0.15, 0.2) is 5.82 Å². The van der Waals surface area contributed by atoms with E-state index < -0.39 is 5.82 Å². The zero-order valence-corrected chi connectivity index (χ0v) is 13.3. The molecule has 0 saturated carbocycles. The first-order chi connectivity index (χ1) is 11.0. The molecule has 0 spiro atoms. The predicted octanol–water partition coefficient (Wildman–Crippen LogP) is 5.37. The van der Waals surface area contributed by atoms with Gasteiger partial charge in [0.25, 0.3) is 0 Å². The molecule has 0 bridgehead atoms. The average Bonchev–Trinajstić information content (AvgIpc) is 2.86. The van der Waals surface area contributed by atoms with E-state index in [0.29, 0.717) is 22.2 Å². The number of nitrogens with zero attached hydrogens (tertiary/aromatic N) is 4. The molecule has 7 heteroatoms. The lowest BCUT2D eigenvalue weighted by molar-refractivity contribution is 0.476. The molecule has 3 aromatic rings. The summed E-state index contributed by atoms with van der Waals surface area (Å²) in [4.78, 5) is 4.46. The van der Waals surface area contributed by atoms with E-state index in [0.717, 1.165) is 0 Å². The lowest BCUT2D eigenvalue weighted by Gasteiger charge is -2.02. The van der Waals surface area contributed by atoms with Gasteiger partial charge < -0.3 is 5.11 Å². The van der Waals surface area contributed by atoms with Crippen LogP contribution in [0.2, 0.25) is 5.02 Å². The van der Waals surface area contributed by atoms with E-state index >= 15 is 0 Å². The van der Waals surface area contributed by atoms with E-state index in [9.17, 15) is 9.50 Å². The van der Waals surface area contributed by atoms with Crippen LogP contribution >= 0.6 is 11.6 Å². The Hall–Kier alpha value is -2.47. The number of hydrogen-bond donors (Lipinski definition) is 1. The Bertz CT molecular complexity index is 904. The number of phenolic OH excluding ortho intramolecular Hbond substituents is 1. The van der Waals surface area contributed by atoms with Crippen LogP contribution in [0, 0.1) is 5.82 Å². The smallest absolute Gasteiger partial charge is 0.183 e. The van der Waals surface area contributed by atoms with Crippen LogP contribution in [0.3, 0.4) is 0 Å². The average molecular weight is 333 g/mol. The van der Waals surface area contributed by atoms with Gasteiger partial charge >= 0.3 is 0 Å². The van der Waals surface area contributed by atoms with Crippen LogP contribution in [0.1, 0.15) is 25.5 Å². The normalized spacial score (nSPS) is 11.9. The van der Waals surface area contributed by atoms with Gasteiger partial charge in [0.05, 0.1) is 5.69 Å². The van der Waals surface area contributed by atoms with Gasteiger partial charge in [0.2, 0.25) is 0 Å². The number of aromatic nitrogens is 2. The van der Waals surface area contributed by atoms with Crippen molar-refractivity contribution in [3.63, 3.8) is 0 Å². The van der Waals surface area contributed by atoms with Crippen LogP contribution in [0.25, 0.3) is 5.65 Å². The van der Waals surface area contributed by atoms with Crippen LogP contribution in [-0.4, -0.2) is 14.5 Å². The molecule has 1 aromatic carbocycles. The standard InChI is InChI=1S/C16H14ClFN4O/c1-9(2)15-16(22-8-11(18)4-6-14(22)19-15)21-20-12-7-10(17)3-5-13(12)23/h3-9,23H,1-2H3. The van der Waals surface area contributed by atoms with E-state index in [1.54, 1.807) is 12.1 Å². The molecule has 0 aliphatic heterocycles. The minimum absolute atomic E-state index is 0.0377. The molecule has 0 amide bonds. The minimum Gasteiger partial charge on any atom is -0.506 e. The van der Waals surface area contributed by atoms with Crippen molar-refractivity contribution in [3.05, 3.63) is 53.1 Å². The third-order valence-corrected chi connectivity index (χ3v) is 3.56. The fourth-order valence-electron chi connectivity index (χ4n) is 2.19. The van der Waals surface area contributed by atoms with Gasteiger partial charge in [-0.05, 0) is 36.2 Å². The number of halogens is 2. The van der Waals surface area contributed by atoms with E-state index in [1.807, 2.05) is 13.8 Å². The lowest BCUT2D eigenvalue weighted by Crippen LogP contribution is -1.88. The second-order valence-electron chi connectivity index (χ2n) is 5.38. The molecule has 0 unspecified atom stereocenters. The van der Waals surface area contributed by atoms with Gasteiger partial charge in [0, 0.05) is 11.2 Å². The minimum atomic E-state index is -0.396. The first-order valence-electron chi connectivity index (χ1n) is 7.03. The first kappa shape index (κ1) is 15.4. The highest BCUT2D eigenvalue weighted by atomic mass is 35.5. The van der Waals surface area contributed by atoms with E-state index in [4.69, 9.17) is 11.6 Å². The maximum atomic E-state index is 13.5. The highest BCUT2D eigenvalue weighted by Gasteiger charge is 2.15. The molecular weight excluding hydrogens is 319 g/mol. The van der Waals surface area contributed by atoms with E-state index in [-0.39, 0.29) is 17.4 Å². The molecule has 2 heterocycles. The molecule has 0 atom stereocenters. The molecule has 0 saturated heterocycles. The van der Waals surface area contributed by atoms with Gasteiger partial charge in [0.1, 0.15) is 22.9 Å². The molecule has 0 fully saturated rings. The second-order valence-corrected chi connectivity index (χ2v) is 5.82. The lowest BCUT2D eigenvalue weighted by atomic mass is 10.1. The number of rotatable bonds is 3. The fourth-order valence-corrected chi connectivity index (χ4v) is 2.36. The number of aromatic hydroxyl groups is 1. The Morgan fingerprint density at radius 3 is 2.74 bits per heavy atom. The molecule has 5 nitrogen and oxygen atoms in total. The number of fused-ring (bicyclic) bond motifs is 1. The van der Waals surface area contributed by atoms with Crippen molar-refractivity contribution in [2.24, 2.45) is 10.2 Å². The molecule has 3 rings (SSSR count). The summed E-state index contributed by atoms with van der Waals surface area (Å²) in [6.45, 7) is 3.93. The second kappa shape index (κ2) is 5.96. The molecule has 23 heavy (non-hydrogen) atoms. The summed E-state index contributed by atoms with van der Waals surface area (Å²) < 4.78 is 15.1. The number of imidazole rings is 1. The monoisotopic (exact) mass is 332 g/mol. The Labute approximate surface area is 137 Å². The van der Waals surface area contributed by atoms with Crippen molar-refractivity contribution in [2.45, 2.75) is 19.8 Å². The van der Waals surface area contributed by atoms with Crippen molar-refractivity contribution < 1.29 is 9.50 Å². The summed E-state index contributed by atoms with van der Waals surface area (Å²) in [6, 6.07) is 7.42. The van der Waals surface area contributed by atoms with Gasteiger partial charge in [-0.15, -0.1) is 10.2 Å². The molecule has 0 aliphatic rings. The van der Waals surface area contributed by atoms with E-state index in [1.165, 1.54) is 28.8 Å². The Balaban J connectivity index is 2.14. The van der Waals surface area contributed by atoms with Crippen LogP contribution in [-0.2, 0) is 0 Å². The predicted molar refractivity (Wildman–Crippen MR) is 86.5 cm³/mol. The highest BCUT2D eigenvalue weighted by Crippen LogP contribution is 2.33. The summed E-state index contributed by atoms with van der Waals surface area (Å²) in [7, 11) is 0. The van der Waals surface area contributed by atoms with Crippen molar-refractivity contribution in [1.82, 2.24) is 9.38 Å². The molecule has 118 valence electrons. The summed E-state index contributed by atoms with van der Waals surface area (Å²) >= 11 is 5.90. The number of azo groups is 1. The summed E-state index contributed by atoms with van der Waals surface area (Å²) in [5.41, 5.74) is 1.51. The third kappa shape index (κ3) is 3.03. The highest BCUT2D eigenvalue weighted by molar-refractivity contribution is 6.30. The summed E-state index contributed by atoms with van der Waals surface area (Å²) in [6.07, 6.45) is 1.31. The van der Waals surface area contributed by atoms with Gasteiger partial charge in [-0.3, -0.25) is 4.40 Å². The molecule has 0 radical (unpaired) electrons. The fraction of sp³-hybridized carbons (Fsp3) is 0.188. The topological polar surface area (TPSA) is 62.2 Å². The van der Waals surface area contributed by atoms with Crippen LogP contribution in [0.15, 0.2) is 46.8 Å². The number of hydrogen-bond acceptors (Lipinski definition) is 4. The molecule has 2 aromatic heterocycles. The zero-order valence-electron chi connectivity index (χ0n) is 12.5. The Morgan fingerprint density at radius 1 is 1.22 bits per heavy atom. The maximum Gasteiger partial charge on any atom is 0.183 e. The van der Waals surface area contributed by atoms with Gasteiger partial charge in [-0.1, -0.05) is 25.4 Å². The zero-order chi connectivity index (χ0) is 16.6. The maximum absolute atomic E-state index is 13.5.